The highest BCUT2D eigenvalue weighted by Gasteiger charge is 2.40. The zero-order valence-electron chi connectivity index (χ0n) is 13.0. The third-order valence-corrected chi connectivity index (χ3v) is 4.65. The van der Waals surface area contributed by atoms with Gasteiger partial charge in [-0.2, -0.15) is 0 Å². The van der Waals surface area contributed by atoms with Crippen LogP contribution in [0, 0.1) is 5.92 Å². The summed E-state index contributed by atoms with van der Waals surface area (Å²) in [7, 11) is 0. The highest BCUT2D eigenvalue weighted by Crippen LogP contribution is 2.25. The number of carbonyl (C=O) groups is 2. The van der Waals surface area contributed by atoms with E-state index in [1.54, 1.807) is 9.80 Å². The van der Waals surface area contributed by atoms with Crippen molar-refractivity contribution in [2.75, 3.05) is 31.1 Å². The van der Waals surface area contributed by atoms with Crippen molar-refractivity contribution in [2.24, 2.45) is 5.92 Å². The maximum absolute atomic E-state index is 12.7. The molecule has 22 heavy (non-hydrogen) atoms. The van der Waals surface area contributed by atoms with Gasteiger partial charge in [0.2, 0.25) is 11.8 Å². The molecule has 0 radical (unpaired) electrons. The number of amides is 2. The maximum Gasteiger partial charge on any atom is 0.249 e. The number of nitrogens with one attached hydrogen (secondary N) is 1. The molecule has 0 saturated carbocycles. The van der Waals surface area contributed by atoms with Crippen LogP contribution in [0.15, 0.2) is 30.3 Å². The molecule has 118 valence electrons. The molecule has 3 rings (SSSR count). The second-order valence-corrected chi connectivity index (χ2v) is 5.94. The van der Waals surface area contributed by atoms with Crippen LogP contribution in [0.3, 0.4) is 0 Å². The Morgan fingerprint density at radius 2 is 2.09 bits per heavy atom. The highest BCUT2D eigenvalue weighted by atomic mass is 16.2. The van der Waals surface area contributed by atoms with Gasteiger partial charge >= 0.3 is 0 Å². The first-order valence-corrected chi connectivity index (χ1v) is 8.10. The van der Waals surface area contributed by atoms with E-state index in [1.807, 2.05) is 37.3 Å². The molecule has 1 aromatic rings. The first-order chi connectivity index (χ1) is 10.7. The van der Waals surface area contributed by atoms with Crippen LogP contribution in [0.4, 0.5) is 5.69 Å². The minimum Gasteiger partial charge on any atom is -0.331 e. The Bertz CT molecular complexity index is 540. The number of carbonyl (C=O) groups excluding carboxylic acids is 2. The zero-order valence-corrected chi connectivity index (χ0v) is 13.0. The van der Waals surface area contributed by atoms with Crippen LogP contribution in [0.5, 0.6) is 0 Å². The molecule has 0 aromatic heterocycles. The minimum atomic E-state index is -0.307. The van der Waals surface area contributed by atoms with Crippen molar-refractivity contribution in [1.29, 1.82) is 0 Å². The molecular weight excluding hydrogens is 278 g/mol. The van der Waals surface area contributed by atoms with Gasteiger partial charge in [-0.25, -0.2) is 0 Å². The third kappa shape index (κ3) is 2.73. The van der Waals surface area contributed by atoms with Gasteiger partial charge in [0.05, 0.1) is 5.92 Å². The van der Waals surface area contributed by atoms with Crippen LogP contribution in [-0.2, 0) is 9.59 Å². The van der Waals surface area contributed by atoms with Gasteiger partial charge in [0.1, 0.15) is 6.04 Å². The van der Waals surface area contributed by atoms with Crippen molar-refractivity contribution in [3.05, 3.63) is 30.3 Å². The molecule has 0 aliphatic carbocycles. The summed E-state index contributed by atoms with van der Waals surface area (Å²) in [5.74, 6) is 0.201. The van der Waals surface area contributed by atoms with Crippen LogP contribution in [0.25, 0.3) is 0 Å². The fourth-order valence-corrected chi connectivity index (χ4v) is 3.45. The summed E-state index contributed by atoms with van der Waals surface area (Å²) in [4.78, 5) is 29.0. The predicted molar refractivity (Wildman–Crippen MR) is 85.6 cm³/mol. The quantitative estimate of drug-likeness (QED) is 0.910. The lowest BCUT2D eigenvalue weighted by Gasteiger charge is -2.29. The molecule has 2 aliphatic rings. The lowest BCUT2D eigenvalue weighted by Crippen LogP contribution is -2.47. The average molecular weight is 301 g/mol. The predicted octanol–water partition coefficient (Wildman–Crippen LogP) is 1.25. The number of benzene rings is 1. The molecule has 5 heteroatoms. The Labute approximate surface area is 131 Å². The molecule has 2 unspecified atom stereocenters. The number of hydrogen-bond donors (Lipinski definition) is 1. The van der Waals surface area contributed by atoms with Crippen LogP contribution in [0.2, 0.25) is 0 Å². The van der Waals surface area contributed by atoms with Crippen LogP contribution in [0.1, 0.15) is 19.8 Å². The van der Waals surface area contributed by atoms with E-state index in [0.717, 1.165) is 25.2 Å². The van der Waals surface area contributed by atoms with Crippen molar-refractivity contribution < 1.29 is 9.59 Å². The first kappa shape index (κ1) is 15.0. The number of anilines is 1. The van der Waals surface area contributed by atoms with E-state index in [1.165, 1.54) is 0 Å². The minimum absolute atomic E-state index is 0.0264. The van der Waals surface area contributed by atoms with E-state index in [9.17, 15) is 9.59 Å². The largest absolute Gasteiger partial charge is 0.331 e. The van der Waals surface area contributed by atoms with Gasteiger partial charge in [-0.3, -0.25) is 9.59 Å². The molecule has 1 aromatic carbocycles. The molecule has 5 nitrogen and oxygen atoms in total. The van der Waals surface area contributed by atoms with Crippen molar-refractivity contribution >= 4 is 17.5 Å². The Balaban J connectivity index is 1.74. The van der Waals surface area contributed by atoms with Crippen LogP contribution >= 0.6 is 0 Å². The normalized spacial score (nSPS) is 24.8. The van der Waals surface area contributed by atoms with Crippen molar-refractivity contribution in [2.45, 2.75) is 25.8 Å². The second-order valence-electron chi connectivity index (χ2n) is 5.94. The third-order valence-electron chi connectivity index (χ3n) is 4.65. The van der Waals surface area contributed by atoms with Gasteiger partial charge in [0, 0.05) is 25.3 Å². The van der Waals surface area contributed by atoms with E-state index in [2.05, 4.69) is 5.32 Å². The van der Waals surface area contributed by atoms with Gasteiger partial charge in [0.25, 0.3) is 0 Å². The molecule has 0 spiro atoms. The van der Waals surface area contributed by atoms with Gasteiger partial charge in [-0.05, 0) is 38.4 Å². The molecule has 2 atom stereocenters. The molecule has 2 fully saturated rings. The van der Waals surface area contributed by atoms with E-state index >= 15 is 0 Å². The monoisotopic (exact) mass is 301 g/mol. The van der Waals surface area contributed by atoms with E-state index in [0.29, 0.717) is 19.5 Å². The molecule has 2 saturated heterocycles. The molecule has 1 N–H and O–H groups in total. The molecular formula is C17H23N3O2. The molecule has 0 bridgehead atoms. The van der Waals surface area contributed by atoms with Crippen molar-refractivity contribution in [3.8, 4) is 0 Å². The Kier molecular flexibility index (Phi) is 4.43. The Morgan fingerprint density at radius 1 is 1.32 bits per heavy atom. The fraction of sp³-hybridized carbons (Fsp3) is 0.529. The maximum atomic E-state index is 12.7. The lowest BCUT2D eigenvalue weighted by molar-refractivity contribution is -0.141. The fourth-order valence-electron chi connectivity index (χ4n) is 3.45. The van der Waals surface area contributed by atoms with Crippen LogP contribution < -0.4 is 10.2 Å². The highest BCUT2D eigenvalue weighted by molar-refractivity contribution is 6.01. The van der Waals surface area contributed by atoms with Gasteiger partial charge in [-0.1, -0.05) is 18.2 Å². The molecule has 2 aliphatic heterocycles. The Morgan fingerprint density at radius 3 is 2.73 bits per heavy atom. The SMILES string of the molecule is CCN(C(=O)C1CCNC1)C1CCN(c2ccccc2)C1=O. The number of rotatable bonds is 4. The number of hydrogen-bond acceptors (Lipinski definition) is 3. The smallest absolute Gasteiger partial charge is 0.249 e. The topological polar surface area (TPSA) is 52.7 Å². The van der Waals surface area contributed by atoms with Crippen molar-refractivity contribution in [1.82, 2.24) is 10.2 Å². The standard InChI is InChI=1S/C17H23N3O2/c1-2-19(16(21)13-8-10-18-12-13)15-9-11-20(17(15)22)14-6-4-3-5-7-14/h3-7,13,15,18H,2,8-12H2,1H3. The molecule has 2 amide bonds. The summed E-state index contributed by atoms with van der Waals surface area (Å²) in [5.41, 5.74) is 0.918. The summed E-state index contributed by atoms with van der Waals surface area (Å²) in [6.07, 6.45) is 1.59. The number of para-hydroxylation sites is 1. The summed E-state index contributed by atoms with van der Waals surface area (Å²) in [6.45, 7) is 4.86. The van der Waals surface area contributed by atoms with Gasteiger partial charge < -0.3 is 15.1 Å². The molecule has 2 heterocycles. The van der Waals surface area contributed by atoms with E-state index in [4.69, 9.17) is 0 Å². The Hall–Kier alpha value is -1.88. The lowest BCUT2D eigenvalue weighted by atomic mass is 10.1. The van der Waals surface area contributed by atoms with Crippen LogP contribution in [-0.4, -0.2) is 48.9 Å². The summed E-state index contributed by atoms with van der Waals surface area (Å²) in [6, 6.07) is 9.39. The number of nitrogens with zero attached hydrogens (tertiary/aromatic N) is 2. The van der Waals surface area contributed by atoms with Crippen molar-refractivity contribution in [3.63, 3.8) is 0 Å². The van der Waals surface area contributed by atoms with Gasteiger partial charge in [-0.15, -0.1) is 0 Å². The zero-order chi connectivity index (χ0) is 15.5. The number of likely N-dealkylation sites (N-methyl/N-ethyl adjacent to an activating group) is 1. The average Bonchev–Trinajstić information content (AvgIpc) is 3.20. The van der Waals surface area contributed by atoms with Gasteiger partial charge in [0.15, 0.2) is 0 Å². The summed E-state index contributed by atoms with van der Waals surface area (Å²) >= 11 is 0. The summed E-state index contributed by atoms with van der Waals surface area (Å²) in [5, 5.41) is 3.23. The summed E-state index contributed by atoms with van der Waals surface area (Å²) < 4.78 is 0. The van der Waals surface area contributed by atoms with E-state index in [-0.39, 0.29) is 23.8 Å². The second kappa shape index (κ2) is 6.48. The van der Waals surface area contributed by atoms with E-state index < -0.39 is 0 Å². The first-order valence-electron chi connectivity index (χ1n) is 8.10.